The third-order valence-electron chi connectivity index (χ3n) is 4.88. The van der Waals surface area contributed by atoms with Crippen LogP contribution in [0.25, 0.3) is 6.08 Å². The highest BCUT2D eigenvalue weighted by Gasteiger charge is 2.38. The standard InChI is InChI=1S/C24H26O7/c1-24(2)30-22(25)18(23(26)31-24)14-17-9-7-6-8-16(17)11-10-15-12-19(27-3)21(29-5)20(13-15)28-4/h6-9,12-14H,10-11H2,1-5H3. The van der Waals surface area contributed by atoms with Crippen LogP contribution in [-0.2, 0) is 31.9 Å². The summed E-state index contributed by atoms with van der Waals surface area (Å²) in [5.74, 6) is -0.944. The predicted octanol–water partition coefficient (Wildman–Crippen LogP) is 3.72. The number of ether oxygens (including phenoxy) is 5. The third-order valence-corrected chi connectivity index (χ3v) is 4.88. The molecule has 31 heavy (non-hydrogen) atoms. The van der Waals surface area contributed by atoms with Gasteiger partial charge in [0.25, 0.3) is 5.79 Å². The first-order valence-electron chi connectivity index (χ1n) is 9.83. The van der Waals surface area contributed by atoms with Crippen molar-refractivity contribution in [1.82, 2.24) is 0 Å². The molecule has 1 saturated heterocycles. The SMILES string of the molecule is COc1cc(CCc2ccccc2C=C2C(=O)OC(C)(C)OC2=O)cc(OC)c1OC. The van der Waals surface area contributed by atoms with E-state index in [0.29, 0.717) is 30.1 Å². The molecule has 0 amide bonds. The minimum absolute atomic E-state index is 0.125. The molecule has 1 fully saturated rings. The Labute approximate surface area is 181 Å². The molecule has 1 heterocycles. The highest BCUT2D eigenvalue weighted by Crippen LogP contribution is 2.38. The Bertz CT molecular complexity index is 973. The second-order valence-corrected chi connectivity index (χ2v) is 7.47. The van der Waals surface area contributed by atoms with Crippen LogP contribution >= 0.6 is 0 Å². The molecule has 0 bridgehead atoms. The summed E-state index contributed by atoms with van der Waals surface area (Å²) in [6, 6.07) is 11.4. The van der Waals surface area contributed by atoms with Crippen molar-refractivity contribution in [2.75, 3.05) is 21.3 Å². The number of carbonyl (C=O) groups is 2. The molecule has 0 unspecified atom stereocenters. The van der Waals surface area contributed by atoms with Crippen LogP contribution in [0.1, 0.15) is 30.5 Å². The smallest absolute Gasteiger partial charge is 0.348 e. The van der Waals surface area contributed by atoms with Gasteiger partial charge in [-0.1, -0.05) is 24.3 Å². The molecule has 164 valence electrons. The number of hydrogen-bond acceptors (Lipinski definition) is 7. The van der Waals surface area contributed by atoms with E-state index < -0.39 is 17.7 Å². The first-order chi connectivity index (χ1) is 14.8. The molecular weight excluding hydrogens is 400 g/mol. The summed E-state index contributed by atoms with van der Waals surface area (Å²) in [5, 5.41) is 0. The number of methoxy groups -OCH3 is 3. The van der Waals surface area contributed by atoms with Crippen LogP contribution < -0.4 is 14.2 Å². The fourth-order valence-corrected chi connectivity index (χ4v) is 3.40. The van der Waals surface area contributed by atoms with Crippen LogP contribution in [0, 0.1) is 0 Å². The Balaban J connectivity index is 1.86. The van der Waals surface area contributed by atoms with Crippen LogP contribution in [-0.4, -0.2) is 39.1 Å². The van der Waals surface area contributed by atoms with E-state index in [-0.39, 0.29) is 5.57 Å². The van der Waals surface area contributed by atoms with Crippen LogP contribution in [0.5, 0.6) is 17.2 Å². The summed E-state index contributed by atoms with van der Waals surface area (Å²) in [4.78, 5) is 24.6. The van der Waals surface area contributed by atoms with Gasteiger partial charge in [0, 0.05) is 13.8 Å². The Morgan fingerprint density at radius 2 is 1.45 bits per heavy atom. The molecule has 2 aromatic rings. The van der Waals surface area contributed by atoms with Crippen molar-refractivity contribution in [2.45, 2.75) is 32.5 Å². The molecule has 3 rings (SSSR count). The van der Waals surface area contributed by atoms with Crippen molar-refractivity contribution in [3.63, 3.8) is 0 Å². The predicted molar refractivity (Wildman–Crippen MR) is 114 cm³/mol. The van der Waals surface area contributed by atoms with Gasteiger partial charge < -0.3 is 23.7 Å². The van der Waals surface area contributed by atoms with E-state index >= 15 is 0 Å². The first kappa shape index (κ1) is 22.2. The van der Waals surface area contributed by atoms with Gasteiger partial charge in [-0.2, -0.15) is 0 Å². The summed E-state index contributed by atoms with van der Waals surface area (Å²) < 4.78 is 26.6. The lowest BCUT2D eigenvalue weighted by atomic mass is 9.97. The van der Waals surface area contributed by atoms with Gasteiger partial charge in [-0.3, -0.25) is 0 Å². The zero-order valence-corrected chi connectivity index (χ0v) is 18.3. The van der Waals surface area contributed by atoms with E-state index in [4.69, 9.17) is 23.7 Å². The Morgan fingerprint density at radius 3 is 2.00 bits per heavy atom. The van der Waals surface area contributed by atoms with E-state index in [2.05, 4.69) is 0 Å². The molecule has 0 aromatic heterocycles. The number of cyclic esters (lactones) is 2. The van der Waals surface area contributed by atoms with Crippen molar-refractivity contribution in [1.29, 1.82) is 0 Å². The summed E-state index contributed by atoms with van der Waals surface area (Å²) in [5.41, 5.74) is 2.59. The Morgan fingerprint density at radius 1 is 0.871 bits per heavy atom. The number of benzene rings is 2. The van der Waals surface area contributed by atoms with E-state index in [0.717, 1.165) is 16.7 Å². The summed E-state index contributed by atoms with van der Waals surface area (Å²) in [6.07, 6.45) is 2.86. The maximum Gasteiger partial charge on any atom is 0.348 e. The zero-order valence-electron chi connectivity index (χ0n) is 18.3. The second-order valence-electron chi connectivity index (χ2n) is 7.47. The minimum atomic E-state index is -1.27. The van der Waals surface area contributed by atoms with Crippen molar-refractivity contribution in [3.8, 4) is 17.2 Å². The molecular formula is C24H26O7. The monoisotopic (exact) mass is 426 g/mol. The number of esters is 2. The zero-order chi connectivity index (χ0) is 22.6. The normalized spacial score (nSPS) is 15.1. The Kier molecular flexibility index (Phi) is 6.53. The molecule has 1 aliphatic heterocycles. The summed E-state index contributed by atoms with van der Waals surface area (Å²) in [6.45, 7) is 3.04. The van der Waals surface area contributed by atoms with Crippen LogP contribution in [0.15, 0.2) is 42.0 Å². The average Bonchev–Trinajstić information content (AvgIpc) is 2.73. The minimum Gasteiger partial charge on any atom is -0.493 e. The molecule has 7 nitrogen and oxygen atoms in total. The number of aryl methyl sites for hydroxylation is 2. The highest BCUT2D eigenvalue weighted by molar-refractivity contribution is 6.18. The van der Waals surface area contributed by atoms with Crippen LogP contribution in [0.2, 0.25) is 0 Å². The van der Waals surface area contributed by atoms with E-state index in [1.54, 1.807) is 21.3 Å². The third kappa shape index (κ3) is 4.99. The van der Waals surface area contributed by atoms with Gasteiger partial charge in [0.1, 0.15) is 5.57 Å². The van der Waals surface area contributed by atoms with Gasteiger partial charge in [-0.25, -0.2) is 9.59 Å². The van der Waals surface area contributed by atoms with E-state index in [1.807, 2.05) is 36.4 Å². The molecule has 0 saturated carbocycles. The quantitative estimate of drug-likeness (QED) is 0.379. The summed E-state index contributed by atoms with van der Waals surface area (Å²) >= 11 is 0. The lowest BCUT2D eigenvalue weighted by Gasteiger charge is -2.29. The number of rotatable bonds is 7. The highest BCUT2D eigenvalue weighted by atomic mass is 16.7. The Hall–Kier alpha value is -3.48. The van der Waals surface area contributed by atoms with Gasteiger partial charge in [0.05, 0.1) is 21.3 Å². The molecule has 0 radical (unpaired) electrons. The second kappa shape index (κ2) is 9.12. The molecule has 0 aliphatic carbocycles. The fraction of sp³-hybridized carbons (Fsp3) is 0.333. The molecule has 0 spiro atoms. The number of hydrogen-bond donors (Lipinski definition) is 0. The first-order valence-corrected chi connectivity index (χ1v) is 9.83. The molecule has 0 atom stereocenters. The van der Waals surface area contributed by atoms with Gasteiger partial charge in [0.2, 0.25) is 5.75 Å². The maximum absolute atomic E-state index is 12.3. The maximum atomic E-state index is 12.3. The molecule has 1 aliphatic rings. The largest absolute Gasteiger partial charge is 0.493 e. The van der Waals surface area contributed by atoms with Gasteiger partial charge >= 0.3 is 11.9 Å². The lowest BCUT2D eigenvalue weighted by Crippen LogP contribution is -2.41. The molecule has 0 N–H and O–H groups in total. The van der Waals surface area contributed by atoms with Crippen LogP contribution in [0.3, 0.4) is 0 Å². The van der Waals surface area contributed by atoms with E-state index in [9.17, 15) is 9.59 Å². The van der Waals surface area contributed by atoms with Gasteiger partial charge in [-0.15, -0.1) is 0 Å². The van der Waals surface area contributed by atoms with Crippen molar-refractivity contribution in [2.24, 2.45) is 0 Å². The van der Waals surface area contributed by atoms with Gasteiger partial charge in [-0.05, 0) is 47.7 Å². The van der Waals surface area contributed by atoms with E-state index in [1.165, 1.54) is 19.9 Å². The fourth-order valence-electron chi connectivity index (χ4n) is 3.40. The average molecular weight is 426 g/mol. The molecule has 2 aromatic carbocycles. The lowest BCUT2D eigenvalue weighted by molar-refractivity contribution is -0.222. The topological polar surface area (TPSA) is 80.3 Å². The summed E-state index contributed by atoms with van der Waals surface area (Å²) in [7, 11) is 4.71. The molecule has 7 heteroatoms. The van der Waals surface area contributed by atoms with Crippen molar-refractivity contribution in [3.05, 3.63) is 58.7 Å². The van der Waals surface area contributed by atoms with Gasteiger partial charge in [0.15, 0.2) is 11.5 Å². The van der Waals surface area contributed by atoms with Crippen LogP contribution in [0.4, 0.5) is 0 Å². The van der Waals surface area contributed by atoms with Crippen molar-refractivity contribution < 1.29 is 33.3 Å². The van der Waals surface area contributed by atoms with Crippen molar-refractivity contribution >= 4 is 18.0 Å². The number of carbonyl (C=O) groups excluding carboxylic acids is 2.